The highest BCUT2D eigenvalue weighted by atomic mass is 19.4. The summed E-state index contributed by atoms with van der Waals surface area (Å²) >= 11 is 0. The first-order valence-electron chi connectivity index (χ1n) is 25.6. The third-order valence-electron chi connectivity index (χ3n) is 14.6. The maximum Gasteiger partial charge on any atom is 0.390 e. The number of nitrogens with one attached hydrogen (secondary N) is 3. The number of aliphatic hydroxyl groups excluding tert-OH is 2. The highest BCUT2D eigenvalue weighted by Gasteiger charge is 2.53. The Bertz CT molecular complexity index is 2510. The van der Waals surface area contributed by atoms with Gasteiger partial charge in [0.2, 0.25) is 17.8 Å². The molecule has 3 amide bonds. The average Bonchev–Trinajstić information content (AvgIpc) is 3.80. The Labute approximate surface area is 419 Å². The lowest BCUT2D eigenvalue weighted by Crippen LogP contribution is -2.59. The Morgan fingerprint density at radius 2 is 1.64 bits per heavy atom. The molecule has 3 atom stereocenters. The molecule has 0 spiro atoms. The minimum absolute atomic E-state index is 0.0440. The number of piperazine rings is 1. The fourth-order valence-electron chi connectivity index (χ4n) is 10.1. The van der Waals surface area contributed by atoms with Crippen molar-refractivity contribution in [2.24, 2.45) is 5.41 Å². The van der Waals surface area contributed by atoms with Crippen LogP contribution < -0.4 is 20.7 Å². The number of aliphatic hydroxyl groups is 2. The molecule has 2 aliphatic heterocycles. The van der Waals surface area contributed by atoms with Crippen molar-refractivity contribution in [2.75, 3.05) is 57.7 Å². The summed E-state index contributed by atoms with van der Waals surface area (Å²) in [5, 5.41) is 29.8. The van der Waals surface area contributed by atoms with Crippen LogP contribution in [-0.4, -0.2) is 146 Å². The number of hydrogen-bond acceptors (Lipinski definition) is 11. The van der Waals surface area contributed by atoms with E-state index in [4.69, 9.17) is 4.74 Å². The van der Waals surface area contributed by atoms with E-state index in [9.17, 15) is 42.2 Å². The second-order valence-electron chi connectivity index (χ2n) is 21.5. The van der Waals surface area contributed by atoms with Crippen molar-refractivity contribution >= 4 is 34.7 Å². The number of likely N-dealkylation sites (tertiary alicyclic amines) is 1. The van der Waals surface area contributed by atoms with E-state index in [0.717, 1.165) is 92.6 Å². The number of carbonyl (C=O) groups is 3. The number of fused-ring (bicyclic) bond motifs is 1. The minimum atomic E-state index is -4.28. The Morgan fingerprint density at radius 3 is 2.32 bits per heavy atom. The number of β-amino-alcohol motifs (C(OH)–C–C–N with tert-alkyl or cyclic N) is 1. The third kappa shape index (κ3) is 13.4. The van der Waals surface area contributed by atoms with Crippen molar-refractivity contribution in [2.45, 2.75) is 147 Å². The molecule has 15 nitrogen and oxygen atoms in total. The van der Waals surface area contributed by atoms with Crippen molar-refractivity contribution in [1.82, 2.24) is 39.9 Å². The topological polar surface area (TPSA) is 177 Å². The van der Waals surface area contributed by atoms with E-state index in [-0.39, 0.29) is 57.0 Å². The summed E-state index contributed by atoms with van der Waals surface area (Å²) in [6, 6.07) is 12.4. The van der Waals surface area contributed by atoms with Crippen molar-refractivity contribution in [3.63, 3.8) is 0 Å². The second-order valence-corrected chi connectivity index (χ2v) is 21.5. The van der Waals surface area contributed by atoms with Crippen LogP contribution in [0.3, 0.4) is 0 Å². The van der Waals surface area contributed by atoms with Gasteiger partial charge in [0, 0.05) is 93.7 Å². The number of unbranched alkanes of at least 4 members (excludes halogenated alkanes) is 1. The van der Waals surface area contributed by atoms with E-state index in [1.54, 1.807) is 27.0 Å². The molecule has 0 unspecified atom stereocenters. The molecule has 4 heterocycles. The molecule has 8 rings (SSSR count). The van der Waals surface area contributed by atoms with Crippen LogP contribution >= 0.6 is 0 Å². The SMILES string of the molecule is Cc1ccc(CNC(=O)[C@@H]2C[C@@H](O)CN2C(=O)[C@@H](NC(=O)C2(F)CC2)C(C)(C)C)c(OCCCCN2CCN(Cc3ccc(-c4cn([C@H]5CC[C@H](O)CC5)c5nc(NCCC(F)(F)F)ncc45)cc3)CC2)c1. The van der Waals surface area contributed by atoms with Crippen LogP contribution in [0.4, 0.5) is 23.5 Å². The molecule has 2 saturated carbocycles. The zero-order valence-corrected chi connectivity index (χ0v) is 41.9. The predicted molar refractivity (Wildman–Crippen MR) is 266 cm³/mol. The molecule has 4 fully saturated rings. The smallest absolute Gasteiger partial charge is 0.390 e. The molecule has 5 N–H and O–H groups in total. The molecule has 2 saturated heterocycles. The van der Waals surface area contributed by atoms with Crippen LogP contribution in [0.15, 0.2) is 54.9 Å². The van der Waals surface area contributed by atoms with Crippen LogP contribution in [0.1, 0.15) is 108 Å². The normalized spacial score (nSPS) is 22.2. The number of benzene rings is 2. The molecular formula is C53H71F4N9O6. The van der Waals surface area contributed by atoms with E-state index in [1.165, 1.54) is 10.5 Å². The van der Waals surface area contributed by atoms with Crippen molar-refractivity contribution in [3.05, 3.63) is 71.5 Å². The summed E-state index contributed by atoms with van der Waals surface area (Å²) in [5.74, 6) is -0.960. The van der Waals surface area contributed by atoms with Gasteiger partial charge in [-0.3, -0.25) is 19.3 Å². The summed E-state index contributed by atoms with van der Waals surface area (Å²) in [6.45, 7) is 13.1. The maximum atomic E-state index is 14.6. The molecule has 2 aliphatic carbocycles. The van der Waals surface area contributed by atoms with E-state index < -0.39 is 59.6 Å². The van der Waals surface area contributed by atoms with Gasteiger partial charge in [-0.25, -0.2) is 9.37 Å². The average molecular weight is 1010 g/mol. The molecule has 4 aliphatic rings. The zero-order valence-electron chi connectivity index (χ0n) is 41.9. The Morgan fingerprint density at radius 1 is 0.931 bits per heavy atom. The number of anilines is 1. The van der Waals surface area contributed by atoms with Crippen molar-refractivity contribution in [3.8, 4) is 16.9 Å². The largest absolute Gasteiger partial charge is 0.493 e. The van der Waals surface area contributed by atoms with Crippen LogP contribution in [0, 0.1) is 12.3 Å². The molecule has 4 aromatic rings. The number of amides is 3. The third-order valence-corrected chi connectivity index (χ3v) is 14.6. The predicted octanol–water partition coefficient (Wildman–Crippen LogP) is 6.83. The molecule has 19 heteroatoms. The van der Waals surface area contributed by atoms with Gasteiger partial charge >= 0.3 is 6.18 Å². The number of carbonyl (C=O) groups excluding carboxylic acids is 3. The Kier molecular flexibility index (Phi) is 16.5. The summed E-state index contributed by atoms with van der Waals surface area (Å²) in [6.07, 6.45) is 2.24. The molecule has 392 valence electrons. The molecule has 2 aromatic heterocycles. The first kappa shape index (κ1) is 52.9. The van der Waals surface area contributed by atoms with Gasteiger partial charge < -0.3 is 45.3 Å². The van der Waals surface area contributed by atoms with E-state index >= 15 is 0 Å². The molecule has 72 heavy (non-hydrogen) atoms. The highest BCUT2D eigenvalue weighted by Crippen LogP contribution is 2.41. The first-order valence-corrected chi connectivity index (χ1v) is 25.6. The van der Waals surface area contributed by atoms with Crippen molar-refractivity contribution in [1.29, 1.82) is 0 Å². The van der Waals surface area contributed by atoms with Gasteiger partial charge in [-0.05, 0) is 93.0 Å². The van der Waals surface area contributed by atoms with Gasteiger partial charge in [0.05, 0.1) is 25.2 Å². The van der Waals surface area contributed by atoms with Gasteiger partial charge in [-0.2, -0.15) is 18.2 Å². The fourth-order valence-corrected chi connectivity index (χ4v) is 10.1. The number of aromatic nitrogens is 3. The van der Waals surface area contributed by atoms with E-state index in [1.807, 2.05) is 25.1 Å². The van der Waals surface area contributed by atoms with E-state index in [0.29, 0.717) is 30.8 Å². The Balaban J connectivity index is 0.783. The zero-order chi connectivity index (χ0) is 51.4. The molecule has 0 bridgehead atoms. The fraction of sp³-hybridized carbons (Fsp3) is 0.604. The maximum absolute atomic E-state index is 14.6. The number of ether oxygens (including phenoxy) is 1. The number of nitrogens with zero attached hydrogens (tertiary/aromatic N) is 6. The number of aryl methyl sites for hydroxylation is 1. The minimum Gasteiger partial charge on any atom is -0.493 e. The quantitative estimate of drug-likeness (QED) is 0.0492. The van der Waals surface area contributed by atoms with Gasteiger partial charge in [0.25, 0.3) is 5.91 Å². The lowest BCUT2D eigenvalue weighted by atomic mass is 9.85. The molecule has 0 radical (unpaired) electrons. The lowest BCUT2D eigenvalue weighted by molar-refractivity contribution is -0.145. The number of halogens is 4. The first-order chi connectivity index (χ1) is 34.2. The Hall–Kier alpha value is -5.37. The monoisotopic (exact) mass is 1010 g/mol. The summed E-state index contributed by atoms with van der Waals surface area (Å²) in [5.41, 5.74) is 2.88. The van der Waals surface area contributed by atoms with Crippen LogP contribution in [-0.2, 0) is 27.5 Å². The molecular weight excluding hydrogens is 935 g/mol. The highest BCUT2D eigenvalue weighted by molar-refractivity contribution is 5.96. The van der Waals surface area contributed by atoms with Gasteiger partial charge in [-0.15, -0.1) is 0 Å². The summed E-state index contributed by atoms with van der Waals surface area (Å²) in [7, 11) is 0. The molecule has 2 aromatic carbocycles. The van der Waals surface area contributed by atoms with E-state index in [2.05, 4.69) is 70.7 Å². The van der Waals surface area contributed by atoms with Gasteiger partial charge in [0.1, 0.15) is 23.5 Å². The second kappa shape index (κ2) is 22.4. The number of alkyl halides is 4. The van der Waals surface area contributed by atoms with Gasteiger partial charge in [-0.1, -0.05) is 57.2 Å². The van der Waals surface area contributed by atoms with Crippen LogP contribution in [0.25, 0.3) is 22.2 Å². The van der Waals surface area contributed by atoms with Gasteiger partial charge in [0.15, 0.2) is 5.67 Å². The number of hydrogen-bond donors (Lipinski definition) is 5. The standard InChI is InChI=1S/C53H71F4N9O6/c1-34-7-10-37(29-59-47(69)43-28-40(68)32-66(43)48(70)45(51(2,3)4)61-49(71)52(54)17-18-52)44(27-34)72-26-6-5-21-63-22-24-64(25-23-63)31-35-8-11-36(12-9-35)42-33-65(38-13-15-39(67)16-14-38)46-41(42)30-60-50(62-46)58-20-19-53(55,56)57/h7-12,27,30,33,38-40,43,45,67-68H,5-6,13-26,28-29,31-32H2,1-4H3,(H,59,69)(H,61,71)(H,58,60,62)/t38-,39-,40-,43+,45-/m1/s1. The van der Waals surface area contributed by atoms with Crippen molar-refractivity contribution < 1.29 is 46.9 Å². The van der Waals surface area contributed by atoms with Crippen LogP contribution in [0.2, 0.25) is 0 Å². The summed E-state index contributed by atoms with van der Waals surface area (Å²) in [4.78, 5) is 55.4. The summed E-state index contributed by atoms with van der Waals surface area (Å²) < 4.78 is 61.5. The lowest BCUT2D eigenvalue weighted by Gasteiger charge is -2.35. The van der Waals surface area contributed by atoms with Crippen LogP contribution in [0.5, 0.6) is 5.75 Å². The number of rotatable bonds is 19.